The fourth-order valence-corrected chi connectivity index (χ4v) is 7.97. The van der Waals surface area contributed by atoms with Gasteiger partial charge < -0.3 is 40.1 Å². The Morgan fingerprint density at radius 2 is 0.609 bits per heavy atom. The van der Waals surface area contributed by atoms with Crippen LogP contribution in [0.25, 0.3) is 0 Å². The van der Waals surface area contributed by atoms with Gasteiger partial charge in [0.05, 0.1) is 47.7 Å². The van der Waals surface area contributed by atoms with E-state index in [4.69, 9.17) is 40.1 Å². The van der Waals surface area contributed by atoms with E-state index in [0.29, 0.717) is 18.8 Å². The summed E-state index contributed by atoms with van der Waals surface area (Å²) in [6.07, 6.45) is 1.71. The number of hydrogen-bond acceptors (Lipinski definition) is 14. The van der Waals surface area contributed by atoms with Crippen molar-refractivity contribution in [2.75, 3.05) is 0 Å². The highest BCUT2D eigenvalue weighted by Gasteiger charge is 2.48. The molecule has 0 aromatic rings. The molecule has 14 nitrogen and oxygen atoms in total. The van der Waals surface area contributed by atoms with Gasteiger partial charge in [0.15, 0.2) is 0 Å². The molecule has 8 atom stereocenters. The van der Waals surface area contributed by atoms with E-state index in [1.807, 2.05) is 6.92 Å². The lowest BCUT2D eigenvalue weighted by atomic mass is 9.76. The van der Waals surface area contributed by atoms with Crippen molar-refractivity contribution >= 4 is 40.5 Å². The Morgan fingerprint density at radius 1 is 0.345 bits per heavy atom. The Kier molecular flexibility index (Phi) is 50.7. The molecule has 0 amide bonds. The Bertz CT molecular complexity index is 1910. The molecule has 0 aliphatic heterocycles. The zero-order valence-electron chi connectivity index (χ0n) is 59.4. The van der Waals surface area contributed by atoms with Gasteiger partial charge in [0.25, 0.3) is 0 Å². The number of nitrogens with two attached hydrogens (primary N) is 7. The van der Waals surface area contributed by atoms with E-state index in [9.17, 15) is 64.3 Å². The highest BCUT2D eigenvalue weighted by atomic mass is 19.4. The standard InChI is InChI=1S/C11H23NO.C10H19F2NO.2C10H21NO.C9H19NO.C8H14F3NO.C8H15F2NO/c1-5-6-7-11(3,4)8-10(12)9(2)13;1-4-5-10(3,9(11)12)6-8(13)7(2)14;1-7(2)10(4,5)6-9(11)8(3)12;1-5-6-10(3,4)7-9(11)8(2)12;1-5-9(3,4)6-8(10)7(2)11;1-5(13)6(12)4-7(2,3)8(9,10)11;1-5(12)6(11)4-8(2,3)7(9)10/h10H,5-8,12H2,1-4H3;8-9H,4-6,13H2,1-3H3;7,9H,6,11H2,1-5H3;9H,5-7,11H2,1-4H3;8H,5-6,10H2,1-4H3;6H,4,12H2,1-3H3;6-7H,4,11H2,1-3H3. The van der Waals surface area contributed by atoms with Gasteiger partial charge in [-0.15, -0.1) is 0 Å². The van der Waals surface area contributed by atoms with Crippen LogP contribution in [-0.4, -0.2) is 102 Å². The van der Waals surface area contributed by atoms with E-state index >= 15 is 0 Å². The first-order chi connectivity index (χ1) is 38.6. The van der Waals surface area contributed by atoms with Crippen molar-refractivity contribution in [3.05, 3.63) is 0 Å². The normalized spacial score (nSPS) is 15.3. The molecule has 21 heteroatoms. The van der Waals surface area contributed by atoms with Gasteiger partial charge in [-0.2, -0.15) is 13.2 Å². The molecule has 0 aromatic heterocycles. The van der Waals surface area contributed by atoms with Gasteiger partial charge in [-0.3, -0.25) is 33.6 Å². The van der Waals surface area contributed by atoms with E-state index in [0.717, 1.165) is 65.2 Å². The number of Topliss-reactive ketones (excluding diaryl/α,β-unsaturated/α-hetero) is 7. The molecule has 0 aliphatic rings. The number of rotatable bonds is 32. The van der Waals surface area contributed by atoms with Gasteiger partial charge in [0, 0.05) is 10.8 Å². The lowest BCUT2D eigenvalue weighted by Crippen LogP contribution is -2.41. The average Bonchev–Trinajstić information content (AvgIpc) is 3.33. The summed E-state index contributed by atoms with van der Waals surface area (Å²) in [5.41, 5.74) is 35.4. The highest BCUT2D eigenvalue weighted by molar-refractivity contribution is 5.83. The molecule has 0 rings (SSSR count). The third-order valence-electron chi connectivity index (χ3n) is 16.2. The quantitative estimate of drug-likeness (QED) is 0.0308. The number of carbonyl (C=O) groups excluding carboxylic acids is 7. The summed E-state index contributed by atoms with van der Waals surface area (Å²) in [5, 5.41) is 0. The zero-order chi connectivity index (χ0) is 71.4. The maximum atomic E-state index is 12.7. The molecule has 0 fully saturated rings. The number of ketones is 7. The summed E-state index contributed by atoms with van der Waals surface area (Å²) in [7, 11) is 0. The average molecular weight is 1270 g/mol. The molecular formula is C66H132F7N7O7. The largest absolute Gasteiger partial charge is 0.394 e. The van der Waals surface area contributed by atoms with Crippen LogP contribution in [0.1, 0.15) is 276 Å². The van der Waals surface area contributed by atoms with E-state index in [2.05, 4.69) is 90.0 Å². The number of alkyl halides is 7. The molecule has 14 N–H and O–H groups in total. The summed E-state index contributed by atoms with van der Waals surface area (Å²) in [5.74, 6) is 0.0379. The van der Waals surface area contributed by atoms with Crippen molar-refractivity contribution in [1.29, 1.82) is 0 Å². The minimum absolute atomic E-state index is 0.0278. The number of unbranched alkanes of at least 4 members (excludes halogenated alkanes) is 1. The summed E-state index contributed by atoms with van der Waals surface area (Å²) >= 11 is 0. The number of hydrogen-bond donors (Lipinski definition) is 7. The van der Waals surface area contributed by atoms with Crippen LogP contribution in [0.2, 0.25) is 0 Å². The molecule has 0 aliphatic carbocycles. The number of halogens is 7. The summed E-state index contributed by atoms with van der Waals surface area (Å²) in [6, 6.07) is -3.67. The third-order valence-corrected chi connectivity index (χ3v) is 16.2. The van der Waals surface area contributed by atoms with E-state index in [-0.39, 0.29) is 99.8 Å². The Labute approximate surface area is 524 Å². The van der Waals surface area contributed by atoms with Gasteiger partial charge in [0.2, 0.25) is 12.9 Å². The molecule has 8 unspecified atom stereocenters. The van der Waals surface area contributed by atoms with Crippen LogP contribution in [0.4, 0.5) is 30.7 Å². The monoisotopic (exact) mass is 1270 g/mol. The summed E-state index contributed by atoms with van der Waals surface area (Å²) in [6.45, 7) is 46.4. The van der Waals surface area contributed by atoms with Crippen LogP contribution in [0.15, 0.2) is 0 Å². The van der Waals surface area contributed by atoms with E-state index < -0.39 is 59.2 Å². The maximum absolute atomic E-state index is 12.7. The van der Waals surface area contributed by atoms with Crippen LogP contribution >= 0.6 is 0 Å². The van der Waals surface area contributed by atoms with Crippen LogP contribution < -0.4 is 40.1 Å². The first kappa shape index (κ1) is 97.5. The van der Waals surface area contributed by atoms with Crippen molar-refractivity contribution < 1.29 is 64.3 Å². The SMILES string of the molecule is CC(=O)C(N)CC(C)(C)C(C)C.CC(=O)C(N)CC(C)(C)C(F)(F)F.CC(=O)C(N)CC(C)(C)C(F)F.CCC(C)(C)CC(N)C(C)=O.CCCC(C)(C)CC(N)C(C)=O.CCCC(C)(CC(N)C(C)=O)C(F)F.CCCCC(C)(C)CC(N)C(C)=O. The first-order valence-electron chi connectivity index (χ1n) is 31.1. The molecule has 0 spiro atoms. The fourth-order valence-electron chi connectivity index (χ4n) is 7.97. The fraction of sp³-hybridized carbons (Fsp3) is 0.894. The van der Waals surface area contributed by atoms with Crippen molar-refractivity contribution in [3.8, 4) is 0 Å². The molecular weight excluding hydrogens is 1140 g/mol. The second-order valence-corrected chi connectivity index (χ2v) is 29.2. The van der Waals surface area contributed by atoms with Crippen LogP contribution in [0.3, 0.4) is 0 Å². The highest BCUT2D eigenvalue weighted by Crippen LogP contribution is 2.41. The molecule has 0 radical (unpaired) electrons. The third kappa shape index (κ3) is 51.3. The molecule has 0 saturated carbocycles. The second-order valence-electron chi connectivity index (χ2n) is 29.2. The van der Waals surface area contributed by atoms with Crippen LogP contribution in [-0.2, 0) is 33.6 Å². The van der Waals surface area contributed by atoms with Gasteiger partial charge >= 0.3 is 6.18 Å². The molecule has 522 valence electrons. The summed E-state index contributed by atoms with van der Waals surface area (Å²) < 4.78 is 86.9. The second kappa shape index (κ2) is 45.2. The molecule has 87 heavy (non-hydrogen) atoms. The van der Waals surface area contributed by atoms with Crippen molar-refractivity contribution in [2.45, 2.75) is 338 Å². The Balaban J connectivity index is -0.000000172. The lowest BCUT2D eigenvalue weighted by molar-refractivity contribution is -0.214. The topological polar surface area (TPSA) is 302 Å². The van der Waals surface area contributed by atoms with Crippen molar-refractivity contribution in [1.82, 2.24) is 0 Å². The molecule has 0 heterocycles. The Hall–Kier alpha value is -3.08. The minimum Gasteiger partial charge on any atom is -0.322 e. The predicted molar refractivity (Wildman–Crippen MR) is 346 cm³/mol. The smallest absolute Gasteiger partial charge is 0.322 e. The van der Waals surface area contributed by atoms with Crippen LogP contribution in [0.5, 0.6) is 0 Å². The number of carbonyl (C=O) groups is 7. The molecule has 0 aromatic carbocycles. The summed E-state index contributed by atoms with van der Waals surface area (Å²) in [4.78, 5) is 75.8. The lowest BCUT2D eigenvalue weighted by Gasteiger charge is -2.31. The predicted octanol–water partition coefficient (Wildman–Crippen LogP) is 14.2. The van der Waals surface area contributed by atoms with Gasteiger partial charge in [0.1, 0.15) is 40.5 Å². The Morgan fingerprint density at radius 3 is 0.851 bits per heavy atom. The van der Waals surface area contributed by atoms with Crippen molar-refractivity contribution in [2.24, 2.45) is 84.0 Å². The molecule has 0 bridgehead atoms. The van der Waals surface area contributed by atoms with Gasteiger partial charge in [-0.1, -0.05) is 164 Å². The van der Waals surface area contributed by atoms with E-state index in [1.54, 1.807) is 27.7 Å². The maximum Gasteiger partial charge on any atom is 0.394 e. The van der Waals surface area contributed by atoms with Crippen molar-refractivity contribution in [3.63, 3.8) is 0 Å². The van der Waals surface area contributed by atoms with Gasteiger partial charge in [-0.25, -0.2) is 17.6 Å². The molecule has 0 saturated heterocycles. The minimum atomic E-state index is -4.32. The van der Waals surface area contributed by atoms with Crippen LogP contribution in [0, 0.1) is 43.8 Å². The first-order valence-corrected chi connectivity index (χ1v) is 31.1. The van der Waals surface area contributed by atoms with Gasteiger partial charge in [-0.05, 0) is 140 Å². The zero-order valence-corrected chi connectivity index (χ0v) is 59.4. The van der Waals surface area contributed by atoms with E-state index in [1.165, 1.54) is 54.4 Å².